The monoisotopic (exact) mass is 261 g/mol. The Balaban J connectivity index is 1.49. The summed E-state index contributed by atoms with van der Waals surface area (Å²) in [5.41, 5.74) is 6.45. The Kier molecular flexibility index (Phi) is 2.69. The lowest BCUT2D eigenvalue weighted by molar-refractivity contribution is -0.131. The number of carbonyl (C=O) groups is 1. The van der Waals surface area contributed by atoms with Crippen LogP contribution in [0.1, 0.15) is 38.5 Å². The van der Waals surface area contributed by atoms with Crippen molar-refractivity contribution >= 4 is 11.6 Å². The number of carbonyl (C=O) groups excluding carboxylic acids is 1. The van der Waals surface area contributed by atoms with Crippen molar-refractivity contribution in [3.8, 4) is 0 Å². The number of hydrazone groups is 1. The van der Waals surface area contributed by atoms with Crippen molar-refractivity contribution in [1.29, 1.82) is 0 Å². The lowest BCUT2D eigenvalue weighted by Gasteiger charge is -2.54. The van der Waals surface area contributed by atoms with E-state index in [2.05, 4.69) is 5.10 Å². The third-order valence-corrected chi connectivity index (χ3v) is 5.95. The molecule has 0 aromatic rings. The predicted octanol–water partition coefficient (Wildman–Crippen LogP) is 1.61. The third-order valence-electron chi connectivity index (χ3n) is 5.95. The zero-order chi connectivity index (χ0) is 13.0. The van der Waals surface area contributed by atoms with Crippen molar-refractivity contribution in [3.05, 3.63) is 0 Å². The molecule has 5 aliphatic rings. The molecule has 1 amide bonds. The lowest BCUT2D eigenvalue weighted by Crippen LogP contribution is -2.48. The Morgan fingerprint density at radius 1 is 1.11 bits per heavy atom. The van der Waals surface area contributed by atoms with Gasteiger partial charge in [-0.3, -0.25) is 4.79 Å². The van der Waals surface area contributed by atoms with Crippen molar-refractivity contribution in [2.45, 2.75) is 38.5 Å². The molecule has 0 aromatic carbocycles. The molecule has 0 spiro atoms. The van der Waals surface area contributed by atoms with Crippen LogP contribution in [0.4, 0.5) is 0 Å². The second-order valence-corrected chi connectivity index (χ2v) is 7.12. The van der Waals surface area contributed by atoms with Crippen LogP contribution in [0.3, 0.4) is 0 Å². The highest BCUT2D eigenvalue weighted by Gasteiger charge is 2.49. The van der Waals surface area contributed by atoms with Gasteiger partial charge in [-0.05, 0) is 61.7 Å². The van der Waals surface area contributed by atoms with E-state index in [4.69, 9.17) is 5.73 Å². The maximum absolute atomic E-state index is 12.0. The first-order chi connectivity index (χ1) is 9.22. The highest BCUT2D eigenvalue weighted by molar-refractivity contribution is 6.05. The Hall–Kier alpha value is -0.900. The van der Waals surface area contributed by atoms with Gasteiger partial charge in [-0.25, -0.2) is 5.01 Å². The van der Waals surface area contributed by atoms with Crippen LogP contribution >= 0.6 is 0 Å². The zero-order valence-corrected chi connectivity index (χ0v) is 11.4. The maximum atomic E-state index is 12.0. The van der Waals surface area contributed by atoms with E-state index in [1.54, 1.807) is 5.01 Å². The summed E-state index contributed by atoms with van der Waals surface area (Å²) in [5.74, 6) is 4.58. The molecule has 2 N–H and O–H groups in total. The lowest BCUT2D eigenvalue weighted by atomic mass is 9.52. The van der Waals surface area contributed by atoms with Gasteiger partial charge in [0.2, 0.25) is 5.91 Å². The molecule has 19 heavy (non-hydrogen) atoms. The van der Waals surface area contributed by atoms with Gasteiger partial charge in [-0.2, -0.15) is 5.10 Å². The van der Waals surface area contributed by atoms with E-state index >= 15 is 0 Å². The molecule has 1 aliphatic heterocycles. The quantitative estimate of drug-likeness (QED) is 0.839. The molecule has 0 unspecified atom stereocenters. The minimum Gasteiger partial charge on any atom is -0.325 e. The molecule has 4 bridgehead atoms. The van der Waals surface area contributed by atoms with E-state index in [-0.39, 0.29) is 5.91 Å². The van der Waals surface area contributed by atoms with Crippen LogP contribution in [0.5, 0.6) is 0 Å². The summed E-state index contributed by atoms with van der Waals surface area (Å²) in [6.07, 6.45) is 7.57. The van der Waals surface area contributed by atoms with Gasteiger partial charge in [0.15, 0.2) is 0 Å². The van der Waals surface area contributed by atoms with E-state index in [0.717, 1.165) is 35.9 Å². The summed E-state index contributed by atoms with van der Waals surface area (Å²) in [7, 11) is 0. The molecule has 5 rings (SSSR count). The van der Waals surface area contributed by atoms with Crippen molar-refractivity contribution in [3.63, 3.8) is 0 Å². The van der Waals surface area contributed by atoms with E-state index in [9.17, 15) is 4.79 Å². The average Bonchev–Trinajstić information content (AvgIpc) is 2.74. The van der Waals surface area contributed by atoms with Crippen LogP contribution in [-0.2, 0) is 4.79 Å². The molecule has 0 radical (unpaired) electrons. The molecular formula is C15H23N3O. The molecule has 0 saturated heterocycles. The van der Waals surface area contributed by atoms with Crippen molar-refractivity contribution < 1.29 is 4.79 Å². The van der Waals surface area contributed by atoms with Gasteiger partial charge in [0.05, 0.1) is 12.1 Å². The second kappa shape index (κ2) is 4.30. The first kappa shape index (κ1) is 11.9. The fourth-order valence-electron chi connectivity index (χ4n) is 5.32. The largest absolute Gasteiger partial charge is 0.325 e. The summed E-state index contributed by atoms with van der Waals surface area (Å²) in [6, 6.07) is 0. The van der Waals surface area contributed by atoms with E-state index < -0.39 is 0 Å². The highest BCUT2D eigenvalue weighted by Crippen LogP contribution is 2.56. The third kappa shape index (κ3) is 1.92. The van der Waals surface area contributed by atoms with E-state index in [1.165, 1.54) is 32.1 Å². The molecule has 4 fully saturated rings. The first-order valence-electron chi connectivity index (χ1n) is 7.79. The molecule has 4 aliphatic carbocycles. The van der Waals surface area contributed by atoms with Crippen LogP contribution in [0.2, 0.25) is 0 Å². The van der Waals surface area contributed by atoms with Crippen LogP contribution in [0.25, 0.3) is 0 Å². The number of hydrogen-bond acceptors (Lipinski definition) is 3. The summed E-state index contributed by atoms with van der Waals surface area (Å²) in [6.45, 7) is 1.28. The number of amides is 1. The fraction of sp³-hybridized carbons (Fsp3) is 0.867. The molecule has 4 saturated carbocycles. The van der Waals surface area contributed by atoms with Crippen molar-refractivity contribution in [1.82, 2.24) is 5.01 Å². The average molecular weight is 261 g/mol. The highest BCUT2D eigenvalue weighted by atomic mass is 16.2. The Bertz CT molecular complexity index is 403. The molecular weight excluding hydrogens is 238 g/mol. The van der Waals surface area contributed by atoms with Crippen LogP contribution in [0, 0.1) is 29.6 Å². The van der Waals surface area contributed by atoms with Crippen molar-refractivity contribution in [2.75, 3.05) is 13.1 Å². The zero-order valence-electron chi connectivity index (χ0n) is 11.4. The Morgan fingerprint density at radius 3 is 2.26 bits per heavy atom. The number of hydrogen-bond donors (Lipinski definition) is 1. The molecule has 0 atom stereocenters. The molecule has 4 heteroatoms. The topological polar surface area (TPSA) is 58.7 Å². The summed E-state index contributed by atoms with van der Waals surface area (Å²) in [4.78, 5) is 12.0. The standard InChI is InChI=1S/C15H23N3O/c16-7-13-6-15(19)18(17-13)8-14-11-2-9-1-10(4-11)5-12(14)3-9/h9-12,14H,1-8,16H2. The summed E-state index contributed by atoms with van der Waals surface area (Å²) in [5, 5.41) is 6.15. The summed E-state index contributed by atoms with van der Waals surface area (Å²) < 4.78 is 0. The van der Waals surface area contributed by atoms with E-state index in [1.807, 2.05) is 0 Å². The maximum Gasteiger partial charge on any atom is 0.248 e. The number of rotatable bonds is 3. The first-order valence-corrected chi connectivity index (χ1v) is 7.79. The normalized spacial score (nSPS) is 44.1. The van der Waals surface area contributed by atoms with Crippen LogP contribution in [-0.4, -0.2) is 29.7 Å². The number of nitrogens with zero attached hydrogens (tertiary/aromatic N) is 2. The van der Waals surface area contributed by atoms with Gasteiger partial charge in [0, 0.05) is 13.1 Å². The van der Waals surface area contributed by atoms with Gasteiger partial charge in [-0.1, -0.05) is 0 Å². The fourth-order valence-corrected chi connectivity index (χ4v) is 5.32. The second-order valence-electron chi connectivity index (χ2n) is 7.12. The molecule has 104 valence electrons. The molecule has 0 aromatic heterocycles. The SMILES string of the molecule is NCC1=NN(CC2C3CC4CC(C3)CC2C4)C(=O)C1. The minimum atomic E-state index is 0.161. The Labute approximate surface area is 114 Å². The molecule has 1 heterocycles. The van der Waals surface area contributed by atoms with E-state index in [0.29, 0.717) is 18.9 Å². The summed E-state index contributed by atoms with van der Waals surface area (Å²) >= 11 is 0. The smallest absolute Gasteiger partial charge is 0.248 e. The van der Waals surface area contributed by atoms with Gasteiger partial charge in [-0.15, -0.1) is 0 Å². The van der Waals surface area contributed by atoms with Gasteiger partial charge >= 0.3 is 0 Å². The Morgan fingerprint density at radius 2 is 1.74 bits per heavy atom. The van der Waals surface area contributed by atoms with Gasteiger partial charge in [0.1, 0.15) is 0 Å². The molecule has 4 nitrogen and oxygen atoms in total. The van der Waals surface area contributed by atoms with Crippen LogP contribution in [0.15, 0.2) is 5.10 Å². The van der Waals surface area contributed by atoms with Crippen molar-refractivity contribution in [2.24, 2.45) is 40.4 Å². The predicted molar refractivity (Wildman–Crippen MR) is 73.4 cm³/mol. The van der Waals surface area contributed by atoms with Gasteiger partial charge in [0.25, 0.3) is 0 Å². The number of nitrogens with two attached hydrogens (primary N) is 1. The van der Waals surface area contributed by atoms with Gasteiger partial charge < -0.3 is 5.73 Å². The minimum absolute atomic E-state index is 0.161. The van der Waals surface area contributed by atoms with Crippen LogP contribution < -0.4 is 5.73 Å².